The van der Waals surface area contributed by atoms with Crippen LogP contribution in [0.15, 0.2) is 23.0 Å². The standard InChI is InChI=1S/C14H13NO5/c16-13(17)2-1-8-5-9-6-11-12(20-4-3-19-11)7-10(9)15-14(8)18/h5-7H,1-4H2,(H,15,18)(H,16,17). The molecule has 1 aliphatic heterocycles. The van der Waals surface area contributed by atoms with E-state index in [0.717, 1.165) is 5.39 Å². The molecule has 2 heterocycles. The predicted octanol–water partition coefficient (Wildman–Crippen LogP) is 1.32. The second-order valence-electron chi connectivity index (χ2n) is 4.60. The molecule has 1 aromatic carbocycles. The van der Waals surface area contributed by atoms with E-state index in [0.29, 0.717) is 35.8 Å². The Hall–Kier alpha value is -2.50. The van der Waals surface area contributed by atoms with Gasteiger partial charge in [0.2, 0.25) is 0 Å². The minimum atomic E-state index is -0.924. The number of H-pyrrole nitrogens is 1. The molecule has 1 aliphatic rings. The van der Waals surface area contributed by atoms with Gasteiger partial charge in [0.05, 0.1) is 5.52 Å². The molecule has 0 radical (unpaired) electrons. The van der Waals surface area contributed by atoms with Crippen molar-refractivity contribution in [1.29, 1.82) is 0 Å². The lowest BCUT2D eigenvalue weighted by molar-refractivity contribution is -0.136. The summed E-state index contributed by atoms with van der Waals surface area (Å²) in [5.41, 5.74) is 0.838. The van der Waals surface area contributed by atoms with Crippen molar-refractivity contribution in [3.05, 3.63) is 34.1 Å². The number of rotatable bonds is 3. The first-order valence-electron chi connectivity index (χ1n) is 6.31. The van der Waals surface area contributed by atoms with Gasteiger partial charge in [0.15, 0.2) is 11.5 Å². The fraction of sp³-hybridized carbons (Fsp3) is 0.286. The molecule has 3 rings (SSSR count). The summed E-state index contributed by atoms with van der Waals surface area (Å²) in [6.45, 7) is 0.979. The molecule has 104 valence electrons. The Morgan fingerprint density at radius 2 is 1.90 bits per heavy atom. The second-order valence-corrected chi connectivity index (χ2v) is 4.60. The van der Waals surface area contributed by atoms with Gasteiger partial charge in [-0.2, -0.15) is 0 Å². The topological polar surface area (TPSA) is 88.6 Å². The number of pyridine rings is 1. The lowest BCUT2D eigenvalue weighted by atomic mass is 10.1. The number of carbonyl (C=O) groups is 1. The molecule has 0 spiro atoms. The molecular weight excluding hydrogens is 262 g/mol. The Bertz CT molecular complexity index is 734. The van der Waals surface area contributed by atoms with E-state index >= 15 is 0 Å². The molecular formula is C14H13NO5. The average molecular weight is 275 g/mol. The third kappa shape index (κ3) is 2.32. The van der Waals surface area contributed by atoms with Gasteiger partial charge >= 0.3 is 5.97 Å². The fourth-order valence-corrected chi connectivity index (χ4v) is 2.22. The molecule has 0 saturated carbocycles. The highest BCUT2D eigenvalue weighted by Gasteiger charge is 2.14. The number of carboxylic acids is 1. The third-order valence-electron chi connectivity index (χ3n) is 3.19. The Morgan fingerprint density at radius 3 is 2.60 bits per heavy atom. The summed E-state index contributed by atoms with van der Waals surface area (Å²) < 4.78 is 10.9. The molecule has 6 nitrogen and oxygen atoms in total. The van der Waals surface area contributed by atoms with Crippen LogP contribution in [0.4, 0.5) is 0 Å². The summed E-state index contributed by atoms with van der Waals surface area (Å²) >= 11 is 0. The fourth-order valence-electron chi connectivity index (χ4n) is 2.22. The third-order valence-corrected chi connectivity index (χ3v) is 3.19. The highest BCUT2D eigenvalue weighted by atomic mass is 16.6. The van der Waals surface area contributed by atoms with Crippen molar-refractivity contribution < 1.29 is 19.4 Å². The Kier molecular flexibility index (Phi) is 3.06. The first-order chi connectivity index (χ1) is 9.63. The number of ether oxygens (including phenoxy) is 2. The molecule has 1 aromatic heterocycles. The van der Waals surface area contributed by atoms with Crippen LogP contribution in [0.25, 0.3) is 10.9 Å². The minimum absolute atomic E-state index is 0.0703. The van der Waals surface area contributed by atoms with Gasteiger partial charge in [-0.15, -0.1) is 0 Å². The van der Waals surface area contributed by atoms with Gasteiger partial charge in [-0.1, -0.05) is 0 Å². The number of aromatic amines is 1. The van der Waals surface area contributed by atoms with Gasteiger partial charge < -0.3 is 19.6 Å². The maximum atomic E-state index is 11.9. The number of carboxylic acid groups (broad SMARTS) is 1. The quantitative estimate of drug-likeness (QED) is 0.881. The molecule has 0 saturated heterocycles. The normalized spacial score (nSPS) is 13.4. The zero-order chi connectivity index (χ0) is 14.1. The largest absolute Gasteiger partial charge is 0.486 e. The number of aryl methyl sites for hydroxylation is 1. The highest BCUT2D eigenvalue weighted by Crippen LogP contribution is 2.33. The summed E-state index contributed by atoms with van der Waals surface area (Å²) in [5.74, 6) is 0.323. The number of aliphatic carboxylic acids is 1. The van der Waals surface area contributed by atoms with Crippen molar-refractivity contribution in [1.82, 2.24) is 4.98 Å². The molecule has 2 aromatic rings. The van der Waals surface area contributed by atoms with Crippen LogP contribution in [0.2, 0.25) is 0 Å². The molecule has 0 atom stereocenters. The zero-order valence-electron chi connectivity index (χ0n) is 10.6. The van der Waals surface area contributed by atoms with Crippen molar-refractivity contribution in [3.8, 4) is 11.5 Å². The lowest BCUT2D eigenvalue weighted by Crippen LogP contribution is -2.16. The summed E-state index contributed by atoms with van der Waals surface area (Å²) in [5, 5.41) is 9.49. The number of nitrogens with one attached hydrogen (secondary N) is 1. The van der Waals surface area contributed by atoms with E-state index in [9.17, 15) is 9.59 Å². The molecule has 0 bridgehead atoms. The van der Waals surface area contributed by atoms with Crippen LogP contribution in [-0.4, -0.2) is 29.3 Å². The molecule has 20 heavy (non-hydrogen) atoms. The smallest absolute Gasteiger partial charge is 0.303 e. The highest BCUT2D eigenvalue weighted by molar-refractivity contribution is 5.83. The molecule has 6 heteroatoms. The van der Waals surface area contributed by atoms with E-state index in [4.69, 9.17) is 14.6 Å². The first kappa shape index (κ1) is 12.5. The van der Waals surface area contributed by atoms with Crippen LogP contribution in [-0.2, 0) is 11.2 Å². The van der Waals surface area contributed by atoms with Crippen molar-refractivity contribution in [2.75, 3.05) is 13.2 Å². The van der Waals surface area contributed by atoms with Crippen molar-refractivity contribution in [3.63, 3.8) is 0 Å². The predicted molar refractivity (Wildman–Crippen MR) is 71.5 cm³/mol. The maximum absolute atomic E-state index is 11.9. The Morgan fingerprint density at radius 1 is 1.20 bits per heavy atom. The monoisotopic (exact) mass is 275 g/mol. The van der Waals surface area contributed by atoms with Crippen LogP contribution in [0, 0.1) is 0 Å². The van der Waals surface area contributed by atoms with Crippen molar-refractivity contribution in [2.24, 2.45) is 0 Å². The van der Waals surface area contributed by atoms with E-state index in [2.05, 4.69) is 4.98 Å². The summed E-state index contributed by atoms with van der Waals surface area (Å²) in [6, 6.07) is 5.23. The summed E-state index contributed by atoms with van der Waals surface area (Å²) in [4.78, 5) is 25.2. The van der Waals surface area contributed by atoms with Gasteiger partial charge in [-0.3, -0.25) is 9.59 Å². The van der Waals surface area contributed by atoms with Gasteiger partial charge in [0.1, 0.15) is 13.2 Å². The van der Waals surface area contributed by atoms with E-state index in [1.165, 1.54) is 0 Å². The lowest BCUT2D eigenvalue weighted by Gasteiger charge is -2.18. The average Bonchev–Trinajstić information content (AvgIpc) is 2.43. The van der Waals surface area contributed by atoms with Gasteiger partial charge in [0.25, 0.3) is 5.56 Å². The van der Waals surface area contributed by atoms with E-state index in [1.54, 1.807) is 18.2 Å². The SMILES string of the molecule is O=C(O)CCc1cc2cc3c(cc2[nH]c1=O)OCCO3. The number of hydrogen-bond acceptors (Lipinski definition) is 4. The van der Waals surface area contributed by atoms with Gasteiger partial charge in [0, 0.05) is 23.4 Å². The zero-order valence-corrected chi connectivity index (χ0v) is 10.6. The molecule has 0 aliphatic carbocycles. The number of hydrogen-bond donors (Lipinski definition) is 2. The van der Waals surface area contributed by atoms with Crippen LogP contribution >= 0.6 is 0 Å². The molecule has 0 amide bonds. The second kappa shape index (κ2) is 4.88. The van der Waals surface area contributed by atoms with Crippen molar-refractivity contribution >= 4 is 16.9 Å². The number of fused-ring (bicyclic) bond motifs is 2. The molecule has 0 fully saturated rings. The van der Waals surface area contributed by atoms with Gasteiger partial charge in [-0.25, -0.2) is 0 Å². The van der Waals surface area contributed by atoms with Crippen LogP contribution in [0.3, 0.4) is 0 Å². The van der Waals surface area contributed by atoms with Gasteiger partial charge in [-0.05, 0) is 18.6 Å². The van der Waals surface area contributed by atoms with Crippen molar-refractivity contribution in [2.45, 2.75) is 12.8 Å². The number of aromatic nitrogens is 1. The molecule has 0 unspecified atom stereocenters. The van der Waals surface area contributed by atoms with E-state index in [1.807, 2.05) is 0 Å². The van der Waals surface area contributed by atoms with E-state index in [-0.39, 0.29) is 18.4 Å². The summed E-state index contributed by atoms with van der Waals surface area (Å²) in [6.07, 6.45) is 0.133. The van der Waals surface area contributed by atoms with Crippen LogP contribution in [0.1, 0.15) is 12.0 Å². The van der Waals surface area contributed by atoms with Crippen LogP contribution < -0.4 is 15.0 Å². The minimum Gasteiger partial charge on any atom is -0.486 e. The first-order valence-corrected chi connectivity index (χ1v) is 6.31. The van der Waals surface area contributed by atoms with Crippen LogP contribution in [0.5, 0.6) is 11.5 Å². The summed E-state index contributed by atoms with van der Waals surface area (Å²) in [7, 11) is 0. The Balaban J connectivity index is 2.05. The van der Waals surface area contributed by atoms with E-state index < -0.39 is 5.97 Å². The number of benzene rings is 1. The Labute approximate surface area is 113 Å². The maximum Gasteiger partial charge on any atom is 0.303 e. The molecule has 2 N–H and O–H groups in total.